The molecule has 0 saturated carbocycles. The van der Waals surface area contributed by atoms with Gasteiger partial charge in [-0.3, -0.25) is 4.79 Å². The molecule has 2 aromatic rings. The van der Waals surface area contributed by atoms with E-state index in [2.05, 4.69) is 5.32 Å². The van der Waals surface area contributed by atoms with Gasteiger partial charge in [0.2, 0.25) is 10.0 Å². The number of phenolic OH excluding ortho intramolecular Hbond substituents is 1. The normalized spacial score (nSPS) is 12.3. The van der Waals surface area contributed by atoms with Crippen molar-refractivity contribution in [1.82, 2.24) is 0 Å². The number of halogens is 1. The lowest BCUT2D eigenvalue weighted by Gasteiger charge is -2.14. The number of carbonyl (C=O) groups excluding carboxylic acids is 2. The minimum Gasteiger partial charge on any atom is -0.507 e. The number of rotatable bonds is 5. The quantitative estimate of drug-likeness (QED) is 0.658. The molecular weight excluding hydrogens is 384 g/mol. The third-order valence-electron chi connectivity index (χ3n) is 3.28. The first kappa shape index (κ1) is 19.7. The number of hydrogen-bond donors (Lipinski definition) is 3. The zero-order valence-electron chi connectivity index (χ0n) is 13.5. The summed E-state index contributed by atoms with van der Waals surface area (Å²) >= 11 is 5.76. The van der Waals surface area contributed by atoms with Crippen molar-refractivity contribution >= 4 is 39.2 Å². The smallest absolute Gasteiger partial charge is 0.342 e. The summed E-state index contributed by atoms with van der Waals surface area (Å²) in [5, 5.41) is 17.3. The minimum atomic E-state index is -3.84. The predicted molar refractivity (Wildman–Crippen MR) is 94.4 cm³/mol. The fourth-order valence-electron chi connectivity index (χ4n) is 1.92. The number of nitrogens with two attached hydrogens (primary N) is 1. The molecule has 0 radical (unpaired) electrons. The Kier molecular flexibility index (Phi) is 5.86. The highest BCUT2D eigenvalue weighted by molar-refractivity contribution is 7.89. The molecule has 0 spiro atoms. The second-order valence-corrected chi connectivity index (χ2v) is 7.27. The molecule has 8 nitrogen and oxygen atoms in total. The molecule has 0 bridgehead atoms. The second kappa shape index (κ2) is 7.73. The molecule has 26 heavy (non-hydrogen) atoms. The summed E-state index contributed by atoms with van der Waals surface area (Å²) in [4.78, 5) is 24.0. The van der Waals surface area contributed by atoms with E-state index in [9.17, 15) is 23.1 Å². The van der Waals surface area contributed by atoms with Gasteiger partial charge in [-0.1, -0.05) is 11.6 Å². The van der Waals surface area contributed by atoms with Gasteiger partial charge in [0.25, 0.3) is 5.91 Å². The third-order valence-corrected chi connectivity index (χ3v) is 4.45. The molecule has 1 amide bonds. The Hall–Kier alpha value is -2.62. The minimum absolute atomic E-state index is 0.105. The van der Waals surface area contributed by atoms with Crippen LogP contribution in [0.1, 0.15) is 17.3 Å². The summed E-state index contributed by atoms with van der Waals surface area (Å²) < 4.78 is 27.4. The number of benzene rings is 2. The number of carbonyl (C=O) groups is 2. The number of ether oxygens (including phenoxy) is 1. The molecule has 0 unspecified atom stereocenters. The monoisotopic (exact) mass is 398 g/mol. The van der Waals surface area contributed by atoms with Crippen LogP contribution in [0.2, 0.25) is 5.02 Å². The summed E-state index contributed by atoms with van der Waals surface area (Å²) in [7, 11) is -3.84. The SMILES string of the molecule is C[C@@H](OC(=O)c1cc(Cl)ccc1O)C(=O)Nc1ccc(S(N)(=O)=O)cc1. The highest BCUT2D eigenvalue weighted by atomic mass is 35.5. The molecule has 0 saturated heterocycles. The van der Waals surface area contributed by atoms with Crippen molar-refractivity contribution in [1.29, 1.82) is 0 Å². The molecule has 2 rings (SSSR count). The standard InChI is InChI=1S/C16H15ClN2O6S/c1-9(25-16(22)13-8-10(17)2-7-14(13)20)15(21)19-11-3-5-12(6-4-11)26(18,23)24/h2-9,20H,1H3,(H,19,21)(H2,18,23,24)/t9-/m1/s1. The van der Waals surface area contributed by atoms with E-state index in [0.29, 0.717) is 0 Å². The summed E-state index contributed by atoms with van der Waals surface area (Å²) in [6.07, 6.45) is -1.18. The number of esters is 1. The average Bonchev–Trinajstić information content (AvgIpc) is 2.56. The maximum Gasteiger partial charge on any atom is 0.342 e. The van der Waals surface area contributed by atoms with E-state index in [1.165, 1.54) is 49.4 Å². The summed E-state index contributed by atoms with van der Waals surface area (Å²) in [5.74, 6) is -1.90. The highest BCUT2D eigenvalue weighted by Crippen LogP contribution is 2.23. The van der Waals surface area contributed by atoms with Gasteiger partial charge in [0.1, 0.15) is 11.3 Å². The Morgan fingerprint density at radius 1 is 1.19 bits per heavy atom. The van der Waals surface area contributed by atoms with E-state index < -0.39 is 28.0 Å². The van der Waals surface area contributed by atoms with E-state index in [-0.39, 0.29) is 26.9 Å². The number of anilines is 1. The summed E-state index contributed by atoms with van der Waals surface area (Å²) in [5.41, 5.74) is 0.116. The van der Waals surface area contributed by atoms with Crippen molar-refractivity contribution in [3.8, 4) is 5.75 Å². The van der Waals surface area contributed by atoms with Gasteiger partial charge in [-0.15, -0.1) is 0 Å². The van der Waals surface area contributed by atoms with Gasteiger partial charge in [-0.05, 0) is 49.4 Å². The van der Waals surface area contributed by atoms with Gasteiger partial charge >= 0.3 is 5.97 Å². The molecule has 4 N–H and O–H groups in total. The van der Waals surface area contributed by atoms with Crippen LogP contribution in [-0.4, -0.2) is 31.5 Å². The van der Waals surface area contributed by atoms with Crippen molar-refractivity contribution in [2.24, 2.45) is 5.14 Å². The van der Waals surface area contributed by atoms with Crippen LogP contribution in [0.15, 0.2) is 47.4 Å². The molecule has 0 fully saturated rings. The van der Waals surface area contributed by atoms with E-state index >= 15 is 0 Å². The second-order valence-electron chi connectivity index (χ2n) is 5.27. The average molecular weight is 399 g/mol. The van der Waals surface area contributed by atoms with Crippen LogP contribution in [0.4, 0.5) is 5.69 Å². The first-order chi connectivity index (χ1) is 12.1. The van der Waals surface area contributed by atoms with Gasteiger partial charge in [0.15, 0.2) is 6.10 Å². The Bertz CT molecular complexity index is 944. The molecule has 138 valence electrons. The Morgan fingerprint density at radius 2 is 1.81 bits per heavy atom. The molecule has 2 aromatic carbocycles. The number of phenols is 1. The zero-order chi connectivity index (χ0) is 19.5. The van der Waals surface area contributed by atoms with Crippen molar-refractivity contribution in [3.05, 3.63) is 53.1 Å². The van der Waals surface area contributed by atoms with Crippen LogP contribution >= 0.6 is 11.6 Å². The van der Waals surface area contributed by atoms with Crippen LogP contribution in [0.25, 0.3) is 0 Å². The van der Waals surface area contributed by atoms with E-state index in [1.54, 1.807) is 0 Å². The van der Waals surface area contributed by atoms with Gasteiger partial charge in [-0.2, -0.15) is 0 Å². The van der Waals surface area contributed by atoms with Crippen LogP contribution in [0.3, 0.4) is 0 Å². The Labute approximate surface area is 154 Å². The fourth-order valence-corrected chi connectivity index (χ4v) is 2.61. The number of amides is 1. The van der Waals surface area contributed by atoms with Crippen LogP contribution in [-0.2, 0) is 19.6 Å². The third kappa shape index (κ3) is 4.94. The fraction of sp³-hybridized carbons (Fsp3) is 0.125. The lowest BCUT2D eigenvalue weighted by molar-refractivity contribution is -0.123. The van der Waals surface area contributed by atoms with Crippen LogP contribution < -0.4 is 10.5 Å². The Morgan fingerprint density at radius 3 is 2.38 bits per heavy atom. The molecule has 0 aliphatic heterocycles. The lowest BCUT2D eigenvalue weighted by Crippen LogP contribution is -2.30. The predicted octanol–water partition coefficient (Wildman–Crippen LogP) is 1.88. The summed E-state index contributed by atoms with van der Waals surface area (Å²) in [6, 6.07) is 8.99. The Balaban J connectivity index is 2.03. The maximum absolute atomic E-state index is 12.1. The lowest BCUT2D eigenvalue weighted by atomic mass is 10.2. The molecule has 10 heteroatoms. The van der Waals surface area contributed by atoms with Gasteiger partial charge in [-0.25, -0.2) is 18.4 Å². The number of sulfonamides is 1. The highest BCUT2D eigenvalue weighted by Gasteiger charge is 2.21. The molecule has 0 heterocycles. The molecule has 0 aliphatic rings. The number of nitrogens with one attached hydrogen (secondary N) is 1. The number of primary sulfonamides is 1. The van der Waals surface area contributed by atoms with E-state index in [4.69, 9.17) is 21.5 Å². The van der Waals surface area contributed by atoms with Gasteiger partial charge in [0, 0.05) is 10.7 Å². The van der Waals surface area contributed by atoms with E-state index in [1.807, 2.05) is 0 Å². The van der Waals surface area contributed by atoms with Gasteiger partial charge < -0.3 is 15.2 Å². The van der Waals surface area contributed by atoms with Crippen molar-refractivity contribution in [2.75, 3.05) is 5.32 Å². The topological polar surface area (TPSA) is 136 Å². The molecule has 0 aliphatic carbocycles. The van der Waals surface area contributed by atoms with Crippen molar-refractivity contribution in [3.63, 3.8) is 0 Å². The number of hydrogen-bond acceptors (Lipinski definition) is 6. The first-order valence-corrected chi connectivity index (χ1v) is 9.13. The molecule has 0 aromatic heterocycles. The maximum atomic E-state index is 12.1. The van der Waals surface area contributed by atoms with E-state index in [0.717, 1.165) is 0 Å². The molecular formula is C16H15ClN2O6S. The van der Waals surface area contributed by atoms with Gasteiger partial charge in [0.05, 0.1) is 4.90 Å². The van der Waals surface area contributed by atoms with Crippen molar-refractivity contribution in [2.45, 2.75) is 17.9 Å². The van der Waals surface area contributed by atoms with Crippen LogP contribution in [0, 0.1) is 0 Å². The van der Waals surface area contributed by atoms with Crippen LogP contribution in [0.5, 0.6) is 5.75 Å². The molecule has 1 atom stereocenters. The largest absolute Gasteiger partial charge is 0.507 e. The van der Waals surface area contributed by atoms with Crippen molar-refractivity contribution < 1.29 is 27.9 Å². The number of aromatic hydroxyl groups is 1. The summed E-state index contributed by atoms with van der Waals surface area (Å²) in [6.45, 7) is 1.34. The first-order valence-electron chi connectivity index (χ1n) is 7.21. The zero-order valence-corrected chi connectivity index (χ0v) is 15.0.